The van der Waals surface area contributed by atoms with E-state index in [0.717, 1.165) is 23.9 Å². The third-order valence-electron chi connectivity index (χ3n) is 5.29. The van der Waals surface area contributed by atoms with E-state index in [0.29, 0.717) is 34.2 Å². The molecule has 176 valence electrons. The normalized spacial score (nSPS) is 11.2. The number of carbonyl (C=O) groups is 1. The molecule has 0 aliphatic carbocycles. The lowest BCUT2D eigenvalue weighted by molar-refractivity contribution is 0.0981. The Labute approximate surface area is 197 Å². The Hall–Kier alpha value is -3.40. The first-order valence-electron chi connectivity index (χ1n) is 10.4. The van der Waals surface area contributed by atoms with Crippen molar-refractivity contribution >= 4 is 17.5 Å². The molecule has 5 nitrogen and oxygen atoms in total. The second-order valence-corrected chi connectivity index (χ2v) is 8.62. The average Bonchev–Trinajstić information content (AvgIpc) is 3.37. The van der Waals surface area contributed by atoms with Crippen molar-refractivity contribution in [3.63, 3.8) is 0 Å². The van der Waals surface area contributed by atoms with Gasteiger partial charge in [0, 0.05) is 48.6 Å². The van der Waals surface area contributed by atoms with Gasteiger partial charge in [-0.3, -0.25) is 14.0 Å². The fourth-order valence-corrected chi connectivity index (χ4v) is 4.62. The largest absolute Gasteiger partial charge is 0.294 e. The standard InChI is InChI=1S/C24H20F4N4OS/c1-14-18(12-31(2)30-14)22(33)10-7-17-11-29-24(32(17)16-5-3-15(25)4-6-16)34-13-19-20(26)8-9-21(27)23(19)28/h3-6,8-9,11-12H,7,10,13H2,1-2H3. The van der Waals surface area contributed by atoms with Crippen LogP contribution in [0.25, 0.3) is 5.69 Å². The Bertz CT molecular complexity index is 1350. The van der Waals surface area contributed by atoms with E-state index in [1.54, 1.807) is 47.7 Å². The van der Waals surface area contributed by atoms with Gasteiger partial charge in [0.15, 0.2) is 22.6 Å². The monoisotopic (exact) mass is 488 g/mol. The SMILES string of the molecule is Cc1nn(C)cc1C(=O)CCc1cnc(SCc2c(F)ccc(F)c2F)n1-c1ccc(F)cc1. The maximum absolute atomic E-state index is 14.1. The van der Waals surface area contributed by atoms with E-state index in [2.05, 4.69) is 10.1 Å². The van der Waals surface area contributed by atoms with Crippen LogP contribution in [0.3, 0.4) is 0 Å². The number of rotatable bonds is 8. The van der Waals surface area contributed by atoms with E-state index in [-0.39, 0.29) is 18.0 Å². The minimum atomic E-state index is -1.25. The molecule has 0 atom stereocenters. The number of hydrogen-bond acceptors (Lipinski definition) is 4. The maximum atomic E-state index is 14.1. The van der Waals surface area contributed by atoms with Gasteiger partial charge >= 0.3 is 0 Å². The molecule has 0 spiro atoms. The number of imidazole rings is 1. The zero-order valence-electron chi connectivity index (χ0n) is 18.4. The van der Waals surface area contributed by atoms with E-state index >= 15 is 0 Å². The van der Waals surface area contributed by atoms with Crippen LogP contribution in [0.2, 0.25) is 0 Å². The number of benzene rings is 2. The molecule has 0 saturated carbocycles. The summed E-state index contributed by atoms with van der Waals surface area (Å²) in [6.07, 6.45) is 3.73. The number of aromatic nitrogens is 4. The van der Waals surface area contributed by atoms with Crippen LogP contribution in [-0.2, 0) is 19.2 Å². The summed E-state index contributed by atoms with van der Waals surface area (Å²) in [5.74, 6) is -3.96. The number of nitrogens with zero attached hydrogens (tertiary/aromatic N) is 4. The molecular weight excluding hydrogens is 468 g/mol. The van der Waals surface area contributed by atoms with Crippen LogP contribution in [0, 0.1) is 30.2 Å². The van der Waals surface area contributed by atoms with E-state index in [4.69, 9.17) is 0 Å². The Morgan fingerprint density at radius 1 is 1.03 bits per heavy atom. The summed E-state index contributed by atoms with van der Waals surface area (Å²) in [6, 6.07) is 7.25. The minimum absolute atomic E-state index is 0.0874. The lowest BCUT2D eigenvalue weighted by Gasteiger charge is -2.12. The molecule has 34 heavy (non-hydrogen) atoms. The van der Waals surface area contributed by atoms with E-state index < -0.39 is 28.8 Å². The molecule has 0 amide bonds. The predicted octanol–water partition coefficient (Wildman–Crippen LogP) is 5.58. The topological polar surface area (TPSA) is 52.7 Å². The summed E-state index contributed by atoms with van der Waals surface area (Å²) < 4.78 is 58.5. The summed E-state index contributed by atoms with van der Waals surface area (Å²) in [6.45, 7) is 1.76. The smallest absolute Gasteiger partial charge is 0.173 e. The molecular formula is C24H20F4N4OS. The number of ketones is 1. The first-order chi connectivity index (χ1) is 16.2. The molecule has 0 saturated heterocycles. The summed E-state index contributed by atoms with van der Waals surface area (Å²) in [5.41, 5.74) is 1.99. The van der Waals surface area contributed by atoms with Gasteiger partial charge < -0.3 is 0 Å². The number of thioether (sulfide) groups is 1. The number of aryl methyl sites for hydroxylation is 3. The number of halogens is 4. The molecule has 0 radical (unpaired) electrons. The highest BCUT2D eigenvalue weighted by Crippen LogP contribution is 2.29. The van der Waals surface area contributed by atoms with E-state index in [9.17, 15) is 22.4 Å². The van der Waals surface area contributed by atoms with Gasteiger partial charge in [0.2, 0.25) is 0 Å². The molecule has 0 N–H and O–H groups in total. The highest BCUT2D eigenvalue weighted by atomic mass is 32.2. The third kappa shape index (κ3) is 4.91. The van der Waals surface area contributed by atoms with Gasteiger partial charge in [-0.25, -0.2) is 22.5 Å². The van der Waals surface area contributed by atoms with Crippen molar-refractivity contribution in [3.05, 3.63) is 94.6 Å². The van der Waals surface area contributed by atoms with Gasteiger partial charge in [0.1, 0.15) is 11.6 Å². The van der Waals surface area contributed by atoms with Gasteiger partial charge in [-0.1, -0.05) is 11.8 Å². The molecule has 0 fully saturated rings. The van der Waals surface area contributed by atoms with Crippen molar-refractivity contribution in [1.29, 1.82) is 0 Å². The Balaban J connectivity index is 1.61. The van der Waals surface area contributed by atoms with Crippen molar-refractivity contribution in [1.82, 2.24) is 19.3 Å². The molecule has 0 unspecified atom stereocenters. The number of hydrogen-bond donors (Lipinski definition) is 0. The van der Waals surface area contributed by atoms with Crippen molar-refractivity contribution < 1.29 is 22.4 Å². The first-order valence-corrected chi connectivity index (χ1v) is 11.3. The van der Waals surface area contributed by atoms with Gasteiger partial charge in [-0.2, -0.15) is 5.10 Å². The van der Waals surface area contributed by atoms with E-state index in [1.165, 1.54) is 12.1 Å². The fraction of sp³-hybridized carbons (Fsp3) is 0.208. The summed E-state index contributed by atoms with van der Waals surface area (Å²) in [4.78, 5) is 17.1. The lowest BCUT2D eigenvalue weighted by atomic mass is 10.1. The van der Waals surface area contributed by atoms with Crippen LogP contribution in [0.1, 0.15) is 33.7 Å². The van der Waals surface area contributed by atoms with Gasteiger partial charge in [0.25, 0.3) is 0 Å². The third-order valence-corrected chi connectivity index (χ3v) is 6.27. The van der Waals surface area contributed by atoms with Crippen molar-refractivity contribution in [2.45, 2.75) is 30.7 Å². The van der Waals surface area contributed by atoms with Gasteiger partial charge in [-0.05, 0) is 49.7 Å². The van der Waals surface area contributed by atoms with Gasteiger partial charge in [-0.15, -0.1) is 0 Å². The molecule has 2 heterocycles. The molecule has 4 aromatic rings. The number of carbonyl (C=O) groups excluding carboxylic acids is 1. The lowest BCUT2D eigenvalue weighted by Crippen LogP contribution is -2.07. The predicted molar refractivity (Wildman–Crippen MR) is 120 cm³/mol. The van der Waals surface area contributed by atoms with Crippen molar-refractivity contribution in [2.75, 3.05) is 0 Å². The van der Waals surface area contributed by atoms with Crippen molar-refractivity contribution in [3.8, 4) is 5.69 Å². The summed E-state index contributed by atoms with van der Waals surface area (Å²) in [5, 5.41) is 4.56. The Kier molecular flexibility index (Phi) is 6.87. The quantitative estimate of drug-likeness (QED) is 0.141. The fourth-order valence-electron chi connectivity index (χ4n) is 3.60. The van der Waals surface area contributed by atoms with Crippen molar-refractivity contribution in [2.24, 2.45) is 7.05 Å². The van der Waals surface area contributed by atoms with Crippen LogP contribution in [0.5, 0.6) is 0 Å². The Morgan fingerprint density at radius 3 is 2.41 bits per heavy atom. The molecule has 4 rings (SSSR count). The molecule has 2 aromatic heterocycles. The molecule has 2 aromatic carbocycles. The molecule has 0 aliphatic heterocycles. The molecule has 0 bridgehead atoms. The summed E-state index contributed by atoms with van der Waals surface area (Å²) in [7, 11) is 1.74. The highest BCUT2D eigenvalue weighted by Gasteiger charge is 2.19. The first kappa shape index (κ1) is 23.7. The average molecular weight is 489 g/mol. The van der Waals surface area contributed by atoms with Crippen LogP contribution in [0.15, 0.2) is 53.9 Å². The van der Waals surface area contributed by atoms with Gasteiger partial charge in [0.05, 0.1) is 11.3 Å². The second kappa shape index (κ2) is 9.84. The zero-order valence-corrected chi connectivity index (χ0v) is 19.2. The molecule has 0 aliphatic rings. The van der Waals surface area contributed by atoms with Crippen LogP contribution in [0.4, 0.5) is 17.6 Å². The summed E-state index contributed by atoms with van der Waals surface area (Å²) >= 11 is 1.01. The minimum Gasteiger partial charge on any atom is -0.294 e. The van der Waals surface area contributed by atoms with Crippen LogP contribution >= 0.6 is 11.8 Å². The maximum Gasteiger partial charge on any atom is 0.173 e. The highest BCUT2D eigenvalue weighted by molar-refractivity contribution is 7.98. The zero-order chi connectivity index (χ0) is 24.4. The second-order valence-electron chi connectivity index (χ2n) is 7.68. The van der Waals surface area contributed by atoms with Crippen LogP contribution < -0.4 is 0 Å². The Morgan fingerprint density at radius 2 is 1.74 bits per heavy atom. The molecule has 10 heteroatoms. The van der Waals surface area contributed by atoms with E-state index in [1.807, 2.05) is 0 Å². The van der Waals surface area contributed by atoms with Crippen LogP contribution in [-0.4, -0.2) is 25.1 Å². The number of Topliss-reactive ketones (excluding diaryl/α,β-unsaturated/α-hetero) is 1.